The van der Waals surface area contributed by atoms with Crippen LogP contribution in [0.25, 0.3) is 0 Å². The molecule has 0 saturated carbocycles. The second kappa shape index (κ2) is 4.60. The Morgan fingerprint density at radius 3 is 2.64 bits per heavy atom. The first-order valence-electron chi connectivity index (χ1n) is 4.37. The molecule has 0 bridgehead atoms. The molecule has 0 saturated heterocycles. The molecular formula is C11H13BrO2. The minimum absolute atomic E-state index is 0.164. The van der Waals surface area contributed by atoms with Gasteiger partial charge in [-0.2, -0.15) is 0 Å². The Labute approximate surface area is 92.4 Å². The molecule has 0 radical (unpaired) electrons. The summed E-state index contributed by atoms with van der Waals surface area (Å²) in [5.41, 5.74) is 2.13. The maximum absolute atomic E-state index is 11.0. The van der Waals surface area contributed by atoms with Gasteiger partial charge in [0.05, 0.1) is 11.6 Å². The molecule has 76 valence electrons. The molecule has 0 unspecified atom stereocenters. The Morgan fingerprint density at radius 1 is 1.50 bits per heavy atom. The highest BCUT2D eigenvalue weighted by Crippen LogP contribution is 2.28. The third-order valence-electron chi connectivity index (χ3n) is 2.05. The van der Waals surface area contributed by atoms with E-state index >= 15 is 0 Å². The normalized spacial score (nSPS) is 10.0. The second-order valence-corrected chi connectivity index (χ2v) is 4.15. The molecule has 0 aliphatic carbocycles. The molecule has 1 aromatic carbocycles. The van der Waals surface area contributed by atoms with Crippen LogP contribution in [-0.4, -0.2) is 12.9 Å². The average molecular weight is 257 g/mol. The summed E-state index contributed by atoms with van der Waals surface area (Å²) in [6.45, 7) is 3.58. The molecule has 0 spiro atoms. The van der Waals surface area contributed by atoms with Gasteiger partial charge in [-0.25, -0.2) is 0 Å². The van der Waals surface area contributed by atoms with E-state index in [1.807, 2.05) is 19.1 Å². The summed E-state index contributed by atoms with van der Waals surface area (Å²) in [5.74, 6) is 0.935. The smallest absolute Gasteiger partial charge is 0.134 e. The van der Waals surface area contributed by atoms with Crippen molar-refractivity contribution in [3.05, 3.63) is 27.7 Å². The third kappa shape index (κ3) is 2.58. The molecule has 14 heavy (non-hydrogen) atoms. The van der Waals surface area contributed by atoms with Gasteiger partial charge < -0.3 is 4.74 Å². The summed E-state index contributed by atoms with van der Waals surface area (Å²) in [6.07, 6.45) is 0.468. The molecule has 0 N–H and O–H groups in total. The van der Waals surface area contributed by atoms with E-state index in [0.717, 1.165) is 21.3 Å². The van der Waals surface area contributed by atoms with E-state index in [4.69, 9.17) is 4.74 Å². The number of hydrogen-bond donors (Lipinski definition) is 0. The lowest BCUT2D eigenvalue weighted by molar-refractivity contribution is -0.116. The predicted molar refractivity (Wildman–Crippen MR) is 59.8 cm³/mol. The van der Waals surface area contributed by atoms with Crippen LogP contribution in [0.15, 0.2) is 16.6 Å². The number of ether oxygens (including phenoxy) is 1. The number of hydrogen-bond acceptors (Lipinski definition) is 2. The van der Waals surface area contributed by atoms with Gasteiger partial charge in [-0.3, -0.25) is 4.79 Å². The van der Waals surface area contributed by atoms with Crippen LogP contribution in [0.2, 0.25) is 0 Å². The monoisotopic (exact) mass is 256 g/mol. The zero-order chi connectivity index (χ0) is 10.7. The number of rotatable bonds is 3. The zero-order valence-electron chi connectivity index (χ0n) is 8.56. The number of Topliss-reactive ketones (excluding diaryl/α,β-unsaturated/α-hetero) is 1. The summed E-state index contributed by atoms with van der Waals surface area (Å²) in [5, 5.41) is 0. The van der Waals surface area contributed by atoms with E-state index in [0.29, 0.717) is 6.42 Å². The van der Waals surface area contributed by atoms with Crippen LogP contribution in [0.1, 0.15) is 18.1 Å². The van der Waals surface area contributed by atoms with Gasteiger partial charge in [0.15, 0.2) is 0 Å². The number of halogens is 1. The quantitative estimate of drug-likeness (QED) is 0.832. The van der Waals surface area contributed by atoms with Crippen LogP contribution in [0.4, 0.5) is 0 Å². The molecular weight excluding hydrogens is 244 g/mol. The molecule has 0 heterocycles. The van der Waals surface area contributed by atoms with Crippen molar-refractivity contribution < 1.29 is 9.53 Å². The molecule has 0 aromatic heterocycles. The third-order valence-corrected chi connectivity index (χ3v) is 2.67. The summed E-state index contributed by atoms with van der Waals surface area (Å²) in [6, 6.07) is 3.87. The van der Waals surface area contributed by atoms with Crippen LogP contribution < -0.4 is 4.74 Å². The highest BCUT2D eigenvalue weighted by molar-refractivity contribution is 9.10. The topological polar surface area (TPSA) is 26.3 Å². The first kappa shape index (κ1) is 11.2. The number of carbonyl (C=O) groups excluding carboxylic acids is 1. The maximum atomic E-state index is 11.0. The van der Waals surface area contributed by atoms with Crippen LogP contribution >= 0.6 is 15.9 Å². The van der Waals surface area contributed by atoms with Gasteiger partial charge in [0.1, 0.15) is 11.5 Å². The molecule has 1 rings (SSSR count). The highest BCUT2D eigenvalue weighted by atomic mass is 79.9. The van der Waals surface area contributed by atoms with Gasteiger partial charge in [0.25, 0.3) is 0 Å². The largest absolute Gasteiger partial charge is 0.496 e. The Kier molecular flexibility index (Phi) is 3.69. The number of benzene rings is 1. The predicted octanol–water partition coefficient (Wildman–Crippen LogP) is 2.90. The Balaban J connectivity index is 3.10. The van der Waals surface area contributed by atoms with Crippen molar-refractivity contribution >= 4 is 21.7 Å². The van der Waals surface area contributed by atoms with Crippen molar-refractivity contribution in [3.63, 3.8) is 0 Å². The van der Waals surface area contributed by atoms with E-state index in [1.54, 1.807) is 14.0 Å². The van der Waals surface area contributed by atoms with Gasteiger partial charge >= 0.3 is 0 Å². The number of aryl methyl sites for hydroxylation is 1. The minimum Gasteiger partial charge on any atom is -0.496 e. The van der Waals surface area contributed by atoms with Gasteiger partial charge in [-0.05, 0) is 53.0 Å². The Bertz CT molecular complexity index is 359. The fourth-order valence-electron chi connectivity index (χ4n) is 1.31. The fourth-order valence-corrected chi connectivity index (χ4v) is 1.93. The summed E-state index contributed by atoms with van der Waals surface area (Å²) in [7, 11) is 1.62. The van der Waals surface area contributed by atoms with Crippen LogP contribution in [0.5, 0.6) is 5.75 Å². The number of ketones is 1. The molecule has 0 atom stereocenters. The first-order chi connectivity index (χ1) is 6.54. The van der Waals surface area contributed by atoms with Gasteiger partial charge in [-0.15, -0.1) is 0 Å². The van der Waals surface area contributed by atoms with Crippen LogP contribution in [-0.2, 0) is 11.2 Å². The lowest BCUT2D eigenvalue weighted by Crippen LogP contribution is -1.99. The van der Waals surface area contributed by atoms with Crippen molar-refractivity contribution in [3.8, 4) is 5.75 Å². The molecule has 0 aliphatic rings. The highest BCUT2D eigenvalue weighted by Gasteiger charge is 2.07. The second-order valence-electron chi connectivity index (χ2n) is 3.29. The lowest BCUT2D eigenvalue weighted by atomic mass is 10.0. The minimum atomic E-state index is 0.164. The molecule has 3 heteroatoms. The van der Waals surface area contributed by atoms with Gasteiger partial charge in [0, 0.05) is 6.42 Å². The molecule has 1 aromatic rings. The molecule has 0 aliphatic heterocycles. The van der Waals surface area contributed by atoms with E-state index < -0.39 is 0 Å². The Hall–Kier alpha value is -0.830. The average Bonchev–Trinajstić information content (AvgIpc) is 2.09. The van der Waals surface area contributed by atoms with E-state index in [9.17, 15) is 4.79 Å². The lowest BCUT2D eigenvalue weighted by Gasteiger charge is -2.09. The zero-order valence-corrected chi connectivity index (χ0v) is 10.1. The molecule has 2 nitrogen and oxygen atoms in total. The molecule has 0 fully saturated rings. The van der Waals surface area contributed by atoms with Crippen molar-refractivity contribution in [1.29, 1.82) is 0 Å². The van der Waals surface area contributed by atoms with Gasteiger partial charge in [-0.1, -0.05) is 0 Å². The van der Waals surface area contributed by atoms with Crippen molar-refractivity contribution in [2.75, 3.05) is 7.11 Å². The standard InChI is InChI=1S/C11H13BrO2/c1-7-4-10(12)11(14-3)6-9(7)5-8(2)13/h4,6H,5H2,1-3H3. The Morgan fingerprint density at radius 2 is 2.14 bits per heavy atom. The van der Waals surface area contributed by atoms with Crippen molar-refractivity contribution in [2.24, 2.45) is 0 Å². The summed E-state index contributed by atoms with van der Waals surface area (Å²) < 4.78 is 6.09. The summed E-state index contributed by atoms with van der Waals surface area (Å²) >= 11 is 3.40. The van der Waals surface area contributed by atoms with Crippen molar-refractivity contribution in [1.82, 2.24) is 0 Å². The van der Waals surface area contributed by atoms with Crippen LogP contribution in [0, 0.1) is 6.92 Å². The fraction of sp³-hybridized carbons (Fsp3) is 0.364. The van der Waals surface area contributed by atoms with E-state index in [-0.39, 0.29) is 5.78 Å². The number of carbonyl (C=O) groups is 1. The molecule has 0 amide bonds. The maximum Gasteiger partial charge on any atom is 0.134 e. The van der Waals surface area contributed by atoms with E-state index in [2.05, 4.69) is 15.9 Å². The van der Waals surface area contributed by atoms with Crippen molar-refractivity contribution in [2.45, 2.75) is 20.3 Å². The summed E-state index contributed by atoms with van der Waals surface area (Å²) in [4.78, 5) is 11.0. The van der Waals surface area contributed by atoms with Gasteiger partial charge in [0.2, 0.25) is 0 Å². The van der Waals surface area contributed by atoms with Crippen LogP contribution in [0.3, 0.4) is 0 Å². The van der Waals surface area contributed by atoms with E-state index in [1.165, 1.54) is 0 Å². The first-order valence-corrected chi connectivity index (χ1v) is 5.16. The SMILES string of the molecule is COc1cc(CC(C)=O)c(C)cc1Br. The number of methoxy groups -OCH3 is 1.